The Bertz CT molecular complexity index is 460. The second-order valence-corrected chi connectivity index (χ2v) is 6.05. The van der Waals surface area contributed by atoms with E-state index in [-0.39, 0.29) is 11.9 Å². The van der Waals surface area contributed by atoms with Gasteiger partial charge in [0, 0.05) is 13.1 Å². The molecule has 0 saturated heterocycles. The first-order valence-electron chi connectivity index (χ1n) is 7.51. The highest BCUT2D eigenvalue weighted by Gasteiger charge is 2.23. The maximum atomic E-state index is 12.3. The molecule has 0 heterocycles. The topological polar surface area (TPSA) is 55.6 Å². The van der Waals surface area contributed by atoms with Crippen LogP contribution < -0.4 is 10.5 Å². The molecule has 0 aromatic heterocycles. The van der Waals surface area contributed by atoms with Gasteiger partial charge in [-0.1, -0.05) is 32.0 Å². The Balaban J connectivity index is 2.70. The second-order valence-electron chi connectivity index (χ2n) is 6.05. The van der Waals surface area contributed by atoms with Crippen molar-refractivity contribution in [3.63, 3.8) is 0 Å². The predicted molar refractivity (Wildman–Crippen MR) is 86.4 cm³/mol. The zero-order valence-corrected chi connectivity index (χ0v) is 13.8. The molecule has 4 nitrogen and oxygen atoms in total. The maximum Gasteiger partial charge on any atom is 0.239 e. The number of likely N-dealkylation sites (N-methyl/N-ethyl adjacent to an activating group) is 1. The third-order valence-electron chi connectivity index (χ3n) is 3.76. The SMILES string of the molecule is COc1ccccc1CC(C)N(C)C(=O)[C@@H](N)CC(C)C. The van der Waals surface area contributed by atoms with Crippen LogP contribution in [0.3, 0.4) is 0 Å². The quantitative estimate of drug-likeness (QED) is 0.840. The van der Waals surface area contributed by atoms with Crippen LogP contribution in [0, 0.1) is 5.92 Å². The minimum Gasteiger partial charge on any atom is -0.496 e. The van der Waals surface area contributed by atoms with Gasteiger partial charge < -0.3 is 15.4 Å². The van der Waals surface area contributed by atoms with Crippen LogP contribution in [0.1, 0.15) is 32.8 Å². The fraction of sp³-hybridized carbons (Fsp3) is 0.588. The molecule has 0 spiro atoms. The molecular formula is C17H28N2O2. The number of hydrogen-bond acceptors (Lipinski definition) is 3. The van der Waals surface area contributed by atoms with E-state index in [1.54, 1.807) is 12.0 Å². The molecule has 0 aliphatic heterocycles. The normalized spacial score (nSPS) is 13.9. The van der Waals surface area contributed by atoms with Gasteiger partial charge in [0.15, 0.2) is 0 Å². The highest BCUT2D eigenvalue weighted by Crippen LogP contribution is 2.20. The van der Waals surface area contributed by atoms with Gasteiger partial charge in [0.1, 0.15) is 5.75 Å². The van der Waals surface area contributed by atoms with Crippen LogP contribution >= 0.6 is 0 Å². The molecule has 0 aliphatic carbocycles. The van der Waals surface area contributed by atoms with Crippen molar-refractivity contribution in [2.24, 2.45) is 11.7 Å². The number of rotatable bonds is 7. The van der Waals surface area contributed by atoms with Crippen LogP contribution in [0.5, 0.6) is 5.75 Å². The summed E-state index contributed by atoms with van der Waals surface area (Å²) in [6.45, 7) is 6.18. The van der Waals surface area contributed by atoms with Gasteiger partial charge in [-0.25, -0.2) is 0 Å². The van der Waals surface area contributed by atoms with Crippen molar-refractivity contribution >= 4 is 5.91 Å². The number of ether oxygens (including phenoxy) is 1. The van der Waals surface area contributed by atoms with Crippen LogP contribution in [0.25, 0.3) is 0 Å². The van der Waals surface area contributed by atoms with Crippen molar-refractivity contribution in [3.05, 3.63) is 29.8 Å². The molecular weight excluding hydrogens is 264 g/mol. The van der Waals surface area contributed by atoms with Gasteiger partial charge in [0.05, 0.1) is 13.2 Å². The fourth-order valence-corrected chi connectivity index (χ4v) is 2.41. The first-order chi connectivity index (χ1) is 9.86. The molecule has 0 bridgehead atoms. The third-order valence-corrected chi connectivity index (χ3v) is 3.76. The van der Waals surface area contributed by atoms with Crippen LogP contribution in [-0.4, -0.2) is 37.0 Å². The molecule has 0 aliphatic rings. The van der Waals surface area contributed by atoms with E-state index in [2.05, 4.69) is 13.8 Å². The van der Waals surface area contributed by atoms with E-state index in [9.17, 15) is 4.79 Å². The zero-order valence-electron chi connectivity index (χ0n) is 13.8. The molecule has 118 valence electrons. The number of carbonyl (C=O) groups is 1. The molecule has 1 aromatic rings. The molecule has 1 unspecified atom stereocenters. The van der Waals surface area contributed by atoms with Gasteiger partial charge in [-0.15, -0.1) is 0 Å². The number of amides is 1. The molecule has 0 fully saturated rings. The highest BCUT2D eigenvalue weighted by atomic mass is 16.5. The molecule has 1 amide bonds. The number of benzene rings is 1. The smallest absolute Gasteiger partial charge is 0.239 e. The molecule has 2 N–H and O–H groups in total. The van der Waals surface area contributed by atoms with Crippen LogP contribution in [0.2, 0.25) is 0 Å². The van der Waals surface area contributed by atoms with E-state index >= 15 is 0 Å². The Kier molecular flexibility index (Phi) is 6.69. The fourth-order valence-electron chi connectivity index (χ4n) is 2.41. The number of hydrogen-bond donors (Lipinski definition) is 1. The van der Waals surface area contributed by atoms with Crippen molar-refractivity contribution in [2.75, 3.05) is 14.2 Å². The summed E-state index contributed by atoms with van der Waals surface area (Å²) in [6, 6.07) is 7.55. The van der Waals surface area contributed by atoms with Crippen LogP contribution in [0.15, 0.2) is 24.3 Å². The standard InChI is InChI=1S/C17H28N2O2/c1-12(2)10-15(18)17(20)19(4)13(3)11-14-8-6-7-9-16(14)21-5/h6-9,12-13,15H,10-11,18H2,1-5H3/t13?,15-/m0/s1. The Morgan fingerprint density at radius 3 is 2.48 bits per heavy atom. The van der Waals surface area contributed by atoms with Crippen molar-refractivity contribution in [2.45, 2.75) is 45.7 Å². The first-order valence-corrected chi connectivity index (χ1v) is 7.51. The monoisotopic (exact) mass is 292 g/mol. The zero-order chi connectivity index (χ0) is 16.0. The molecule has 4 heteroatoms. The molecule has 0 saturated carbocycles. The van der Waals surface area contributed by atoms with Gasteiger partial charge in [0.2, 0.25) is 5.91 Å². The van der Waals surface area contributed by atoms with Crippen LogP contribution in [-0.2, 0) is 11.2 Å². The van der Waals surface area contributed by atoms with Gasteiger partial charge in [-0.2, -0.15) is 0 Å². The Morgan fingerprint density at radius 1 is 1.29 bits per heavy atom. The Hall–Kier alpha value is -1.55. The van der Waals surface area contributed by atoms with Gasteiger partial charge in [-0.05, 0) is 37.3 Å². The summed E-state index contributed by atoms with van der Waals surface area (Å²) in [7, 11) is 3.49. The van der Waals surface area contributed by atoms with Gasteiger partial charge >= 0.3 is 0 Å². The lowest BCUT2D eigenvalue weighted by atomic mass is 10.0. The minimum atomic E-state index is -0.421. The summed E-state index contributed by atoms with van der Waals surface area (Å²) in [4.78, 5) is 14.1. The average Bonchev–Trinajstić information content (AvgIpc) is 2.45. The number of nitrogens with zero attached hydrogens (tertiary/aromatic N) is 1. The first kappa shape index (κ1) is 17.5. The molecule has 2 atom stereocenters. The van der Waals surface area contributed by atoms with Crippen molar-refractivity contribution in [1.82, 2.24) is 4.90 Å². The van der Waals surface area contributed by atoms with Crippen LogP contribution in [0.4, 0.5) is 0 Å². The van der Waals surface area contributed by atoms with Gasteiger partial charge in [0.25, 0.3) is 0 Å². The van der Waals surface area contributed by atoms with E-state index in [1.165, 1.54) is 0 Å². The maximum absolute atomic E-state index is 12.3. The van der Waals surface area contributed by atoms with E-state index in [0.717, 1.165) is 17.7 Å². The molecule has 21 heavy (non-hydrogen) atoms. The van der Waals surface area contributed by atoms with Crippen molar-refractivity contribution in [3.8, 4) is 5.75 Å². The number of methoxy groups -OCH3 is 1. The minimum absolute atomic E-state index is 0.00565. The Labute approximate surface area is 128 Å². The van der Waals surface area contributed by atoms with E-state index in [4.69, 9.17) is 10.5 Å². The van der Waals surface area contributed by atoms with Gasteiger partial charge in [-0.3, -0.25) is 4.79 Å². The van der Waals surface area contributed by atoms with Crippen molar-refractivity contribution in [1.29, 1.82) is 0 Å². The summed E-state index contributed by atoms with van der Waals surface area (Å²) in [5.41, 5.74) is 7.09. The third kappa shape index (κ3) is 5.05. The summed E-state index contributed by atoms with van der Waals surface area (Å²) < 4.78 is 5.36. The largest absolute Gasteiger partial charge is 0.496 e. The Morgan fingerprint density at radius 2 is 1.90 bits per heavy atom. The highest BCUT2D eigenvalue weighted by molar-refractivity contribution is 5.81. The molecule has 1 rings (SSSR count). The number of para-hydroxylation sites is 1. The summed E-state index contributed by atoms with van der Waals surface area (Å²) >= 11 is 0. The molecule has 0 radical (unpaired) electrons. The average molecular weight is 292 g/mol. The van der Waals surface area contributed by atoms with E-state index in [0.29, 0.717) is 12.3 Å². The number of carbonyl (C=O) groups excluding carboxylic acids is 1. The lowest BCUT2D eigenvalue weighted by Gasteiger charge is -2.28. The lowest BCUT2D eigenvalue weighted by molar-refractivity contribution is -0.133. The predicted octanol–water partition coefficient (Wildman–Crippen LogP) is 2.46. The van der Waals surface area contributed by atoms with Crippen molar-refractivity contribution < 1.29 is 9.53 Å². The lowest BCUT2D eigenvalue weighted by Crippen LogP contribution is -2.46. The second kappa shape index (κ2) is 8.03. The number of nitrogens with two attached hydrogens (primary N) is 1. The van der Waals surface area contributed by atoms with E-state index in [1.807, 2.05) is 38.2 Å². The summed E-state index contributed by atoms with van der Waals surface area (Å²) in [5, 5.41) is 0. The molecule has 1 aromatic carbocycles. The van der Waals surface area contributed by atoms with E-state index < -0.39 is 6.04 Å². The summed E-state index contributed by atoms with van der Waals surface area (Å²) in [5.74, 6) is 1.28. The summed E-state index contributed by atoms with van der Waals surface area (Å²) in [6.07, 6.45) is 1.46.